The van der Waals surface area contributed by atoms with E-state index in [1.54, 1.807) is 0 Å². The molecule has 0 aliphatic carbocycles. The molecule has 0 radical (unpaired) electrons. The van der Waals surface area contributed by atoms with Crippen LogP contribution in [-0.4, -0.2) is 37.2 Å². The molecule has 0 bridgehead atoms. The summed E-state index contributed by atoms with van der Waals surface area (Å²) in [5, 5.41) is 0. The summed E-state index contributed by atoms with van der Waals surface area (Å²) >= 11 is 0. The van der Waals surface area contributed by atoms with Gasteiger partial charge in [0.2, 0.25) is 0 Å². The first-order valence-corrected chi connectivity index (χ1v) is 28.6. The molecule has 0 aromatic rings. The SMILES string of the molecule is CC/C=C\C/C=C\C/C=C\C/C=C\C/C=C\C/C=C\CCC(=O)OCC(COC(=O)CCCCCCCCC/C=C\C/C=C\CCCCC)OC(=O)CCCCCCC\C=C/C=C\C=C/C=C\C=C/CCC. The Morgan fingerprint density at radius 1 is 0.306 bits per heavy atom. The van der Waals surface area contributed by atoms with Gasteiger partial charge < -0.3 is 14.2 Å². The van der Waals surface area contributed by atoms with Crippen molar-refractivity contribution in [1.29, 1.82) is 0 Å². The number of unbranched alkanes of at least 4 members (excludes halogenated alkanes) is 16. The summed E-state index contributed by atoms with van der Waals surface area (Å²) in [7, 11) is 0. The quantitative estimate of drug-likeness (QED) is 0.0199. The smallest absolute Gasteiger partial charge is 0.306 e. The number of ether oxygens (including phenoxy) is 3. The van der Waals surface area contributed by atoms with Crippen LogP contribution in [0.15, 0.2) is 158 Å². The molecule has 0 spiro atoms. The first kappa shape index (κ1) is 67.0. The van der Waals surface area contributed by atoms with E-state index in [1.807, 2.05) is 48.6 Å². The van der Waals surface area contributed by atoms with Crippen LogP contribution in [0, 0.1) is 0 Å². The Morgan fingerprint density at radius 3 is 1.11 bits per heavy atom. The second kappa shape index (κ2) is 58.6. The average Bonchev–Trinajstić information content (AvgIpc) is 3.38. The van der Waals surface area contributed by atoms with Crippen LogP contribution >= 0.6 is 0 Å². The number of carbonyl (C=O) groups excluding carboxylic acids is 3. The molecule has 0 N–H and O–H groups in total. The van der Waals surface area contributed by atoms with Crippen LogP contribution in [0.5, 0.6) is 0 Å². The average molecular weight is 992 g/mol. The molecule has 0 rings (SSSR count). The van der Waals surface area contributed by atoms with Crippen molar-refractivity contribution in [2.24, 2.45) is 0 Å². The van der Waals surface area contributed by atoms with Crippen molar-refractivity contribution >= 4 is 17.9 Å². The van der Waals surface area contributed by atoms with Crippen molar-refractivity contribution in [2.45, 2.75) is 226 Å². The van der Waals surface area contributed by atoms with E-state index in [0.29, 0.717) is 12.8 Å². The molecular formula is C66H102O6. The summed E-state index contributed by atoms with van der Waals surface area (Å²) in [6, 6.07) is 0. The Kier molecular flexibility index (Phi) is 54.6. The Morgan fingerprint density at radius 2 is 0.653 bits per heavy atom. The number of carbonyl (C=O) groups is 3. The van der Waals surface area contributed by atoms with Crippen molar-refractivity contribution < 1.29 is 28.6 Å². The highest BCUT2D eigenvalue weighted by molar-refractivity contribution is 5.71. The highest BCUT2D eigenvalue weighted by Crippen LogP contribution is 2.13. The third kappa shape index (κ3) is 56.0. The molecule has 0 aliphatic heterocycles. The van der Waals surface area contributed by atoms with Crippen LogP contribution in [0.4, 0.5) is 0 Å². The van der Waals surface area contributed by atoms with Crippen molar-refractivity contribution in [3.05, 3.63) is 158 Å². The molecule has 0 aromatic heterocycles. The van der Waals surface area contributed by atoms with Gasteiger partial charge in [-0.15, -0.1) is 0 Å². The van der Waals surface area contributed by atoms with Gasteiger partial charge in [-0.25, -0.2) is 0 Å². The van der Waals surface area contributed by atoms with Crippen LogP contribution in [0.25, 0.3) is 0 Å². The molecule has 402 valence electrons. The molecule has 0 heterocycles. The first-order valence-electron chi connectivity index (χ1n) is 28.6. The van der Waals surface area contributed by atoms with Crippen LogP contribution < -0.4 is 0 Å². The van der Waals surface area contributed by atoms with E-state index < -0.39 is 6.10 Å². The fourth-order valence-electron chi connectivity index (χ4n) is 7.12. The van der Waals surface area contributed by atoms with Gasteiger partial charge in [-0.2, -0.15) is 0 Å². The maximum atomic E-state index is 12.9. The summed E-state index contributed by atoms with van der Waals surface area (Å²) in [5.74, 6) is -1.05. The van der Waals surface area contributed by atoms with Gasteiger partial charge in [0.1, 0.15) is 13.2 Å². The van der Waals surface area contributed by atoms with Crippen molar-refractivity contribution in [3.8, 4) is 0 Å². The molecule has 0 aliphatic rings. The molecule has 6 nitrogen and oxygen atoms in total. The zero-order chi connectivity index (χ0) is 52.2. The van der Waals surface area contributed by atoms with E-state index in [9.17, 15) is 14.4 Å². The predicted molar refractivity (Wildman–Crippen MR) is 311 cm³/mol. The monoisotopic (exact) mass is 991 g/mol. The molecule has 1 unspecified atom stereocenters. The molecule has 6 heteroatoms. The van der Waals surface area contributed by atoms with Crippen LogP contribution in [-0.2, 0) is 28.6 Å². The molecular weight excluding hydrogens is 889 g/mol. The van der Waals surface area contributed by atoms with E-state index in [0.717, 1.165) is 116 Å². The molecule has 0 saturated heterocycles. The Hall–Kier alpha value is -4.97. The van der Waals surface area contributed by atoms with Gasteiger partial charge in [-0.3, -0.25) is 14.4 Å². The summed E-state index contributed by atoms with van der Waals surface area (Å²) < 4.78 is 16.8. The van der Waals surface area contributed by atoms with Gasteiger partial charge in [0.05, 0.1) is 0 Å². The third-order valence-electron chi connectivity index (χ3n) is 11.4. The van der Waals surface area contributed by atoms with E-state index in [4.69, 9.17) is 14.2 Å². The van der Waals surface area contributed by atoms with Crippen molar-refractivity contribution in [2.75, 3.05) is 13.2 Å². The number of hydrogen-bond acceptors (Lipinski definition) is 6. The Bertz CT molecular complexity index is 1660. The Balaban J connectivity index is 4.61. The lowest BCUT2D eigenvalue weighted by Gasteiger charge is -2.18. The Labute approximate surface area is 441 Å². The van der Waals surface area contributed by atoms with E-state index in [-0.39, 0.29) is 44.0 Å². The summed E-state index contributed by atoms with van der Waals surface area (Å²) in [5.41, 5.74) is 0. The van der Waals surface area contributed by atoms with Gasteiger partial charge in [0.15, 0.2) is 6.10 Å². The number of allylic oxidation sites excluding steroid dienone is 26. The van der Waals surface area contributed by atoms with Crippen LogP contribution in [0.3, 0.4) is 0 Å². The van der Waals surface area contributed by atoms with E-state index in [1.165, 1.54) is 57.8 Å². The minimum Gasteiger partial charge on any atom is -0.462 e. The minimum atomic E-state index is -0.835. The minimum absolute atomic E-state index is 0.124. The fourth-order valence-corrected chi connectivity index (χ4v) is 7.12. The molecule has 0 amide bonds. The molecule has 0 aromatic carbocycles. The number of hydrogen-bond donors (Lipinski definition) is 0. The summed E-state index contributed by atoms with van der Waals surface area (Å²) in [6.45, 7) is 6.30. The first-order chi connectivity index (χ1) is 35.5. The van der Waals surface area contributed by atoms with Gasteiger partial charge in [0, 0.05) is 19.3 Å². The van der Waals surface area contributed by atoms with Gasteiger partial charge in [-0.05, 0) is 109 Å². The predicted octanol–water partition coefficient (Wildman–Crippen LogP) is 19.4. The molecule has 0 saturated carbocycles. The third-order valence-corrected chi connectivity index (χ3v) is 11.4. The van der Waals surface area contributed by atoms with E-state index >= 15 is 0 Å². The van der Waals surface area contributed by atoms with Gasteiger partial charge >= 0.3 is 17.9 Å². The lowest BCUT2D eigenvalue weighted by molar-refractivity contribution is -0.166. The van der Waals surface area contributed by atoms with Gasteiger partial charge in [0.25, 0.3) is 0 Å². The topological polar surface area (TPSA) is 78.9 Å². The highest BCUT2D eigenvalue weighted by Gasteiger charge is 2.19. The lowest BCUT2D eigenvalue weighted by atomic mass is 10.1. The summed E-state index contributed by atoms with van der Waals surface area (Å²) in [4.78, 5) is 38.2. The zero-order valence-electron chi connectivity index (χ0n) is 45.9. The number of esters is 3. The fraction of sp³-hybridized carbons (Fsp3) is 0.561. The molecule has 1 atom stereocenters. The maximum absolute atomic E-state index is 12.9. The molecule has 72 heavy (non-hydrogen) atoms. The second-order valence-electron chi connectivity index (χ2n) is 18.2. The zero-order valence-corrected chi connectivity index (χ0v) is 45.9. The standard InChI is InChI=1S/C66H102O6/c1-4-7-10-13-16-19-22-25-28-31-33-36-38-41-44-47-50-53-56-59-65(68)71-62-63(61-70-64(67)58-55-52-49-46-43-40-37-34-30-27-24-21-18-15-12-9-6-3)72-66(69)60-57-54-51-48-45-42-39-35-32-29-26-23-20-17-14-11-8-5-2/h7,10-11,14,16-21,23,25-30,32-33,35-36,39,41,44,50,53,63H,4-6,8-9,12-13,15,22,24,31,34,37-38,40,42-43,45-49,51-52,54-62H2,1-3H3/b10-7-,14-11-,19-16-,20-17-,21-18-,26-23-,28-25-,30-27-,32-29-,36-33-,39-35-,44-41-,53-50-. The van der Waals surface area contributed by atoms with Crippen LogP contribution in [0.1, 0.15) is 220 Å². The van der Waals surface area contributed by atoms with E-state index in [2.05, 4.69) is 130 Å². The summed E-state index contributed by atoms with van der Waals surface area (Å²) in [6.07, 6.45) is 85.2. The largest absolute Gasteiger partial charge is 0.462 e. The van der Waals surface area contributed by atoms with Gasteiger partial charge in [-0.1, -0.05) is 249 Å². The van der Waals surface area contributed by atoms with Crippen LogP contribution in [0.2, 0.25) is 0 Å². The molecule has 0 fully saturated rings. The maximum Gasteiger partial charge on any atom is 0.306 e. The van der Waals surface area contributed by atoms with Crippen molar-refractivity contribution in [1.82, 2.24) is 0 Å². The highest BCUT2D eigenvalue weighted by atomic mass is 16.6. The van der Waals surface area contributed by atoms with Crippen molar-refractivity contribution in [3.63, 3.8) is 0 Å². The lowest BCUT2D eigenvalue weighted by Crippen LogP contribution is -2.30. The number of rotatable bonds is 49. The second-order valence-corrected chi connectivity index (χ2v) is 18.2. The normalized spacial score (nSPS) is 13.3.